The summed E-state index contributed by atoms with van der Waals surface area (Å²) >= 11 is 0. The fourth-order valence-corrected chi connectivity index (χ4v) is 1.40. The van der Waals surface area contributed by atoms with Crippen molar-refractivity contribution < 1.29 is 24.3 Å². The smallest absolute Gasteiger partial charge is 0.317 e. The molecule has 1 aliphatic heterocycles. The molecule has 0 unspecified atom stereocenters. The number of carbonyl (C=O) groups is 1. The van der Waals surface area contributed by atoms with Crippen molar-refractivity contribution in [3.63, 3.8) is 0 Å². The van der Waals surface area contributed by atoms with Crippen molar-refractivity contribution in [2.45, 2.75) is 13.5 Å². The molecule has 0 saturated carbocycles. The highest BCUT2D eigenvalue weighted by molar-refractivity contribution is 5.76. The van der Waals surface area contributed by atoms with Crippen LogP contribution in [0.5, 0.6) is 0 Å². The molecule has 0 atom stereocenters. The minimum absolute atomic E-state index is 0.126. The predicted octanol–water partition coefficient (Wildman–Crippen LogP) is 1.63. The Bertz CT molecular complexity index is 370. The third-order valence-corrected chi connectivity index (χ3v) is 2.56. The number of benzene rings is 1. The quantitative estimate of drug-likeness (QED) is 0.591. The summed E-state index contributed by atoms with van der Waals surface area (Å²) in [6.45, 7) is 2.21. The lowest BCUT2D eigenvalue weighted by atomic mass is 9.93. The van der Waals surface area contributed by atoms with Gasteiger partial charge in [-0.1, -0.05) is 35.4 Å². The molecule has 0 spiro atoms. The zero-order valence-electron chi connectivity index (χ0n) is 9.55. The van der Waals surface area contributed by atoms with E-state index in [0.29, 0.717) is 0 Å². The largest absolute Gasteiger partial charge is 0.460 e. The molecule has 1 aromatic rings. The van der Waals surface area contributed by atoms with Crippen LogP contribution in [0.3, 0.4) is 0 Å². The molecule has 0 aromatic heterocycles. The Morgan fingerprint density at radius 1 is 1.29 bits per heavy atom. The van der Waals surface area contributed by atoms with E-state index in [1.54, 1.807) is 6.92 Å². The van der Waals surface area contributed by atoms with Crippen LogP contribution < -0.4 is 0 Å². The molecule has 5 heteroatoms. The molecule has 1 aliphatic rings. The van der Waals surface area contributed by atoms with Crippen LogP contribution in [0.25, 0.3) is 0 Å². The van der Waals surface area contributed by atoms with Crippen LogP contribution in [-0.2, 0) is 31.0 Å². The normalized spacial score (nSPS) is 18.6. The van der Waals surface area contributed by atoms with Crippen molar-refractivity contribution in [3.05, 3.63) is 35.9 Å². The molecule has 0 N–H and O–H groups in total. The van der Waals surface area contributed by atoms with E-state index in [2.05, 4.69) is 14.8 Å². The maximum atomic E-state index is 11.9. The zero-order chi connectivity index (χ0) is 12.1. The Labute approximate surface area is 99.1 Å². The standard InChI is InChI=1S/C12H14O5/c1-12(8-15-17-16-9-12)11(13)14-7-10-5-3-2-4-6-10/h2-6H,7-9H2,1H3. The summed E-state index contributed by atoms with van der Waals surface area (Å²) in [6.07, 6.45) is 0. The molecule has 0 radical (unpaired) electrons. The summed E-state index contributed by atoms with van der Waals surface area (Å²) in [5.74, 6) is -0.357. The molecule has 1 saturated heterocycles. The van der Waals surface area contributed by atoms with Gasteiger partial charge in [0.25, 0.3) is 0 Å². The summed E-state index contributed by atoms with van der Waals surface area (Å²) in [4.78, 5) is 21.1. The minimum Gasteiger partial charge on any atom is -0.460 e. The van der Waals surface area contributed by atoms with Gasteiger partial charge in [0.1, 0.15) is 25.2 Å². The topological polar surface area (TPSA) is 54.0 Å². The van der Waals surface area contributed by atoms with Crippen LogP contribution in [0.2, 0.25) is 0 Å². The van der Waals surface area contributed by atoms with E-state index in [9.17, 15) is 4.79 Å². The van der Waals surface area contributed by atoms with Crippen LogP contribution in [0.1, 0.15) is 12.5 Å². The molecule has 1 aromatic carbocycles. The van der Waals surface area contributed by atoms with Crippen LogP contribution in [-0.4, -0.2) is 19.2 Å². The van der Waals surface area contributed by atoms with E-state index in [1.807, 2.05) is 30.3 Å². The summed E-state index contributed by atoms with van der Waals surface area (Å²) in [7, 11) is 0. The maximum absolute atomic E-state index is 11.9. The van der Waals surface area contributed by atoms with Gasteiger partial charge in [-0.05, 0) is 12.5 Å². The second-order valence-electron chi connectivity index (χ2n) is 4.21. The Kier molecular flexibility index (Phi) is 3.73. The molecule has 17 heavy (non-hydrogen) atoms. The highest BCUT2D eigenvalue weighted by Gasteiger charge is 2.39. The van der Waals surface area contributed by atoms with Gasteiger partial charge < -0.3 is 4.74 Å². The van der Waals surface area contributed by atoms with E-state index in [4.69, 9.17) is 4.74 Å². The van der Waals surface area contributed by atoms with Gasteiger partial charge in [-0.25, -0.2) is 9.78 Å². The molecule has 5 nitrogen and oxygen atoms in total. The van der Waals surface area contributed by atoms with Crippen molar-refractivity contribution in [1.82, 2.24) is 0 Å². The first kappa shape index (κ1) is 12.0. The lowest BCUT2D eigenvalue weighted by Crippen LogP contribution is -2.42. The second kappa shape index (κ2) is 5.27. The summed E-state index contributed by atoms with van der Waals surface area (Å²) in [6, 6.07) is 9.49. The minimum atomic E-state index is -0.812. The monoisotopic (exact) mass is 238 g/mol. The third-order valence-electron chi connectivity index (χ3n) is 2.56. The number of hydrogen-bond donors (Lipinski definition) is 0. The summed E-state index contributed by atoms with van der Waals surface area (Å²) in [5.41, 5.74) is 0.130. The first-order chi connectivity index (χ1) is 8.21. The van der Waals surface area contributed by atoms with Gasteiger partial charge in [0, 0.05) is 0 Å². The predicted molar refractivity (Wildman–Crippen MR) is 57.3 cm³/mol. The van der Waals surface area contributed by atoms with Gasteiger partial charge in [0.2, 0.25) is 0 Å². The average molecular weight is 238 g/mol. The molecular formula is C12H14O5. The third kappa shape index (κ3) is 3.03. The van der Waals surface area contributed by atoms with Crippen molar-refractivity contribution in [2.75, 3.05) is 13.2 Å². The molecule has 0 aliphatic carbocycles. The van der Waals surface area contributed by atoms with Gasteiger partial charge in [-0.2, -0.15) is 0 Å². The fraction of sp³-hybridized carbons (Fsp3) is 0.417. The average Bonchev–Trinajstić information content (AvgIpc) is 2.38. The molecule has 92 valence electrons. The number of esters is 1. The molecule has 1 fully saturated rings. The second-order valence-corrected chi connectivity index (χ2v) is 4.21. The van der Waals surface area contributed by atoms with Crippen molar-refractivity contribution in [1.29, 1.82) is 0 Å². The highest BCUT2D eigenvalue weighted by atomic mass is 17.5. The van der Waals surface area contributed by atoms with Crippen LogP contribution in [0.4, 0.5) is 0 Å². The van der Waals surface area contributed by atoms with Gasteiger partial charge in [-0.3, -0.25) is 4.79 Å². The Morgan fingerprint density at radius 3 is 2.59 bits per heavy atom. The zero-order valence-corrected chi connectivity index (χ0v) is 9.55. The van der Waals surface area contributed by atoms with E-state index >= 15 is 0 Å². The molecular weight excluding hydrogens is 224 g/mol. The van der Waals surface area contributed by atoms with Crippen molar-refractivity contribution >= 4 is 5.97 Å². The number of ether oxygens (including phenoxy) is 1. The summed E-state index contributed by atoms with van der Waals surface area (Å²) < 4.78 is 5.22. The highest BCUT2D eigenvalue weighted by Crippen LogP contribution is 2.24. The van der Waals surface area contributed by atoms with E-state index in [0.717, 1.165) is 5.56 Å². The van der Waals surface area contributed by atoms with Crippen molar-refractivity contribution in [2.24, 2.45) is 5.41 Å². The summed E-state index contributed by atoms with van der Waals surface area (Å²) in [5, 5.41) is 4.27. The molecule has 2 rings (SSSR count). The van der Waals surface area contributed by atoms with Gasteiger partial charge in [-0.15, -0.1) is 0 Å². The Morgan fingerprint density at radius 2 is 1.94 bits per heavy atom. The molecule has 0 amide bonds. The Balaban J connectivity index is 1.88. The molecule has 0 bridgehead atoms. The Hall–Kier alpha value is -1.43. The van der Waals surface area contributed by atoms with Gasteiger partial charge in [0.05, 0.1) is 0 Å². The lowest BCUT2D eigenvalue weighted by Gasteiger charge is -2.28. The fourth-order valence-electron chi connectivity index (χ4n) is 1.40. The maximum Gasteiger partial charge on any atom is 0.317 e. The first-order valence-corrected chi connectivity index (χ1v) is 5.33. The SMILES string of the molecule is CC1(C(=O)OCc2ccccc2)COOOC1. The van der Waals surface area contributed by atoms with E-state index in [-0.39, 0.29) is 25.8 Å². The van der Waals surface area contributed by atoms with Crippen molar-refractivity contribution in [3.8, 4) is 0 Å². The number of hydrogen-bond acceptors (Lipinski definition) is 5. The van der Waals surface area contributed by atoms with Crippen LogP contribution >= 0.6 is 0 Å². The van der Waals surface area contributed by atoms with E-state index < -0.39 is 5.41 Å². The molecule has 1 heterocycles. The number of carbonyl (C=O) groups excluding carboxylic acids is 1. The van der Waals surface area contributed by atoms with Crippen LogP contribution in [0, 0.1) is 5.41 Å². The lowest BCUT2D eigenvalue weighted by molar-refractivity contribution is -0.546. The first-order valence-electron chi connectivity index (χ1n) is 5.33. The van der Waals surface area contributed by atoms with E-state index in [1.165, 1.54) is 0 Å². The van der Waals surface area contributed by atoms with Crippen LogP contribution in [0.15, 0.2) is 30.3 Å². The van der Waals surface area contributed by atoms with Gasteiger partial charge in [0.15, 0.2) is 0 Å². The van der Waals surface area contributed by atoms with Gasteiger partial charge >= 0.3 is 5.97 Å². The number of rotatable bonds is 3.